The van der Waals surface area contributed by atoms with Crippen LogP contribution in [0.15, 0.2) is 18.2 Å². The number of nitrogens with one attached hydrogen (secondary N) is 1. The second kappa shape index (κ2) is 10.0. The molecule has 1 N–H and O–H groups in total. The van der Waals surface area contributed by atoms with E-state index < -0.39 is 0 Å². The van der Waals surface area contributed by atoms with E-state index in [1.165, 1.54) is 32.1 Å². The lowest BCUT2D eigenvalue weighted by Crippen LogP contribution is -2.69. The predicted molar refractivity (Wildman–Crippen MR) is 118 cm³/mol. The lowest BCUT2D eigenvalue weighted by molar-refractivity contribution is -0.153. The molecule has 170 valence electrons. The number of fused-ring (bicyclic) bond motifs is 1. The Balaban J connectivity index is 1.37. The van der Waals surface area contributed by atoms with E-state index in [9.17, 15) is 9.59 Å². The van der Waals surface area contributed by atoms with Gasteiger partial charge in [-0.15, -0.1) is 0 Å². The minimum absolute atomic E-state index is 0.0000811. The summed E-state index contributed by atoms with van der Waals surface area (Å²) in [7, 11) is 3.33. The molecule has 0 radical (unpaired) electrons. The molecular weight excluding hydrogens is 394 g/mol. The fourth-order valence-electron chi connectivity index (χ4n) is 5.37. The summed E-state index contributed by atoms with van der Waals surface area (Å²) in [5.41, 5.74) is 2.16. The summed E-state index contributed by atoms with van der Waals surface area (Å²) in [6.45, 7) is 3.18. The second-order valence-electron chi connectivity index (χ2n) is 9.16. The molecule has 0 aromatic heterocycles. The van der Waals surface area contributed by atoms with Crippen LogP contribution in [-0.4, -0.2) is 67.6 Å². The van der Waals surface area contributed by atoms with Crippen molar-refractivity contribution in [1.29, 1.82) is 0 Å². The lowest BCUT2D eigenvalue weighted by atomic mass is 9.84. The standard InChI is InChI=1S/C24H35N3O4/c1-30-16-19-12-18(8-9-22(19)31-2)14-26-10-11-27-21(15-26)23(28)25-20(24(27)29)13-17-6-4-3-5-7-17/h8-9,12,17,20-21H,3-7,10-11,13-16H2,1-2H3,(H,25,28)/t20-,21+/m0/s1. The molecule has 7 heteroatoms. The number of ether oxygens (including phenoxy) is 2. The maximum Gasteiger partial charge on any atom is 0.245 e. The molecule has 0 unspecified atom stereocenters. The average molecular weight is 430 g/mol. The molecule has 2 atom stereocenters. The zero-order chi connectivity index (χ0) is 21.8. The molecule has 1 aromatic carbocycles. The van der Waals surface area contributed by atoms with Gasteiger partial charge >= 0.3 is 0 Å². The highest BCUT2D eigenvalue weighted by molar-refractivity contribution is 5.97. The van der Waals surface area contributed by atoms with Crippen LogP contribution in [0.2, 0.25) is 0 Å². The fourth-order valence-corrected chi connectivity index (χ4v) is 5.37. The van der Waals surface area contributed by atoms with Crippen molar-refractivity contribution in [3.8, 4) is 5.75 Å². The number of rotatable bonds is 7. The van der Waals surface area contributed by atoms with Crippen molar-refractivity contribution < 1.29 is 19.1 Å². The summed E-state index contributed by atoms with van der Waals surface area (Å²) in [4.78, 5) is 30.1. The summed E-state index contributed by atoms with van der Waals surface area (Å²) in [6, 6.07) is 5.39. The van der Waals surface area contributed by atoms with Gasteiger partial charge in [0.2, 0.25) is 11.8 Å². The van der Waals surface area contributed by atoms with E-state index in [-0.39, 0.29) is 23.9 Å². The Bertz CT molecular complexity index is 793. The molecule has 1 saturated carbocycles. The molecule has 2 saturated heterocycles. The van der Waals surface area contributed by atoms with Crippen molar-refractivity contribution in [3.05, 3.63) is 29.3 Å². The first-order valence-electron chi connectivity index (χ1n) is 11.6. The normalized spacial score (nSPS) is 25.3. The van der Waals surface area contributed by atoms with E-state index >= 15 is 0 Å². The number of carbonyl (C=O) groups excluding carboxylic acids is 2. The van der Waals surface area contributed by atoms with E-state index in [4.69, 9.17) is 9.47 Å². The first-order valence-corrected chi connectivity index (χ1v) is 11.6. The number of carbonyl (C=O) groups is 2. The lowest BCUT2D eigenvalue weighted by Gasteiger charge is -2.46. The Kier molecular flexibility index (Phi) is 7.13. The van der Waals surface area contributed by atoms with E-state index in [0.717, 1.165) is 36.4 Å². The molecule has 31 heavy (non-hydrogen) atoms. The van der Waals surface area contributed by atoms with Crippen LogP contribution >= 0.6 is 0 Å². The van der Waals surface area contributed by atoms with Gasteiger partial charge in [-0.25, -0.2) is 0 Å². The molecule has 0 bridgehead atoms. The smallest absolute Gasteiger partial charge is 0.245 e. The average Bonchev–Trinajstić information content (AvgIpc) is 2.78. The van der Waals surface area contributed by atoms with Gasteiger partial charge in [-0.2, -0.15) is 0 Å². The van der Waals surface area contributed by atoms with E-state index in [2.05, 4.69) is 22.3 Å². The fraction of sp³-hybridized carbons (Fsp3) is 0.667. The van der Waals surface area contributed by atoms with Gasteiger partial charge in [-0.05, 0) is 30.0 Å². The Morgan fingerprint density at radius 1 is 1.10 bits per heavy atom. The molecule has 2 amide bonds. The molecule has 1 aliphatic carbocycles. The molecule has 2 aliphatic heterocycles. The van der Waals surface area contributed by atoms with Crippen molar-refractivity contribution in [2.75, 3.05) is 33.9 Å². The zero-order valence-electron chi connectivity index (χ0n) is 18.8. The monoisotopic (exact) mass is 429 g/mol. The Labute approximate surface area is 185 Å². The van der Waals surface area contributed by atoms with Crippen LogP contribution in [0.5, 0.6) is 5.75 Å². The number of hydrogen-bond acceptors (Lipinski definition) is 5. The maximum absolute atomic E-state index is 13.1. The van der Waals surface area contributed by atoms with Crippen LogP contribution in [0.4, 0.5) is 0 Å². The number of piperazine rings is 2. The summed E-state index contributed by atoms with van der Waals surface area (Å²) < 4.78 is 10.7. The minimum atomic E-state index is -0.388. The van der Waals surface area contributed by atoms with Crippen LogP contribution < -0.4 is 10.1 Å². The molecule has 7 nitrogen and oxygen atoms in total. The van der Waals surface area contributed by atoms with Gasteiger partial charge < -0.3 is 19.7 Å². The minimum Gasteiger partial charge on any atom is -0.496 e. The SMILES string of the molecule is COCc1cc(CN2CCN3C(=O)[C@H](CC4CCCCC4)NC(=O)[C@H]3C2)ccc1OC. The summed E-state index contributed by atoms with van der Waals surface area (Å²) in [5, 5.41) is 3.05. The van der Waals surface area contributed by atoms with Crippen LogP contribution in [0.25, 0.3) is 0 Å². The van der Waals surface area contributed by atoms with Crippen LogP contribution in [-0.2, 0) is 27.5 Å². The second-order valence-corrected chi connectivity index (χ2v) is 9.16. The predicted octanol–water partition coefficient (Wildman–Crippen LogP) is 2.32. The van der Waals surface area contributed by atoms with Crippen molar-refractivity contribution in [1.82, 2.24) is 15.1 Å². The number of methoxy groups -OCH3 is 2. The molecular formula is C24H35N3O4. The number of benzene rings is 1. The highest BCUT2D eigenvalue weighted by Crippen LogP contribution is 2.29. The van der Waals surface area contributed by atoms with Crippen molar-refractivity contribution in [3.63, 3.8) is 0 Å². The van der Waals surface area contributed by atoms with Gasteiger partial charge in [0.05, 0.1) is 13.7 Å². The first-order chi connectivity index (χ1) is 15.1. The van der Waals surface area contributed by atoms with Crippen molar-refractivity contribution >= 4 is 11.8 Å². The van der Waals surface area contributed by atoms with E-state index in [1.807, 2.05) is 11.0 Å². The van der Waals surface area contributed by atoms with E-state index in [0.29, 0.717) is 25.6 Å². The van der Waals surface area contributed by atoms with Gasteiger partial charge in [0.25, 0.3) is 0 Å². The summed E-state index contributed by atoms with van der Waals surface area (Å²) in [6.07, 6.45) is 6.96. The Hall–Kier alpha value is -2.12. The van der Waals surface area contributed by atoms with Gasteiger partial charge in [-0.3, -0.25) is 14.5 Å². The Morgan fingerprint density at radius 3 is 2.65 bits per heavy atom. The van der Waals surface area contributed by atoms with Gasteiger partial charge in [0.1, 0.15) is 17.8 Å². The highest BCUT2D eigenvalue weighted by Gasteiger charge is 2.43. The maximum atomic E-state index is 13.1. The number of hydrogen-bond donors (Lipinski definition) is 1. The number of amides is 2. The van der Waals surface area contributed by atoms with Crippen molar-refractivity contribution in [2.45, 2.75) is 63.8 Å². The third-order valence-corrected chi connectivity index (χ3v) is 7.01. The highest BCUT2D eigenvalue weighted by atomic mass is 16.5. The number of nitrogens with zero attached hydrogens (tertiary/aromatic N) is 2. The first kappa shape index (κ1) is 22.1. The Morgan fingerprint density at radius 2 is 1.90 bits per heavy atom. The summed E-state index contributed by atoms with van der Waals surface area (Å²) >= 11 is 0. The molecule has 0 spiro atoms. The molecule has 3 aliphatic rings. The van der Waals surface area contributed by atoms with Crippen LogP contribution in [0, 0.1) is 5.92 Å². The third kappa shape index (κ3) is 5.04. The molecule has 4 rings (SSSR count). The van der Waals surface area contributed by atoms with E-state index in [1.54, 1.807) is 14.2 Å². The third-order valence-electron chi connectivity index (χ3n) is 7.01. The molecule has 1 aromatic rings. The van der Waals surface area contributed by atoms with Crippen LogP contribution in [0.3, 0.4) is 0 Å². The van der Waals surface area contributed by atoms with Crippen LogP contribution in [0.1, 0.15) is 49.7 Å². The quantitative estimate of drug-likeness (QED) is 0.720. The molecule has 2 heterocycles. The largest absolute Gasteiger partial charge is 0.496 e. The van der Waals surface area contributed by atoms with Gasteiger partial charge in [0.15, 0.2) is 0 Å². The molecule has 3 fully saturated rings. The van der Waals surface area contributed by atoms with Gasteiger partial charge in [0, 0.05) is 38.9 Å². The van der Waals surface area contributed by atoms with Crippen molar-refractivity contribution in [2.24, 2.45) is 5.92 Å². The summed E-state index contributed by atoms with van der Waals surface area (Å²) in [5.74, 6) is 1.50. The zero-order valence-corrected chi connectivity index (χ0v) is 18.8. The van der Waals surface area contributed by atoms with Gasteiger partial charge in [-0.1, -0.05) is 38.2 Å². The topological polar surface area (TPSA) is 71.1 Å².